The smallest absolute Gasteiger partial charge is 0.251 e. The molecule has 0 aromatic heterocycles. The molecule has 2 amide bonds. The molecule has 3 aliphatic heterocycles. The molecular weight excluding hydrogens is 386 g/mol. The molecule has 2 saturated carbocycles. The number of fused-ring (bicyclic) bond motifs is 2. The highest BCUT2D eigenvalue weighted by Crippen LogP contribution is 2.47. The summed E-state index contributed by atoms with van der Waals surface area (Å²) < 4.78 is 5.13. The van der Waals surface area contributed by atoms with Gasteiger partial charge in [-0.2, -0.15) is 0 Å². The van der Waals surface area contributed by atoms with Crippen LogP contribution in [0.2, 0.25) is 0 Å². The van der Waals surface area contributed by atoms with Gasteiger partial charge in [0.1, 0.15) is 6.10 Å². The first-order valence-corrected chi connectivity index (χ1v) is 12.3. The van der Waals surface area contributed by atoms with Crippen molar-refractivity contribution in [3.8, 4) is 0 Å². The summed E-state index contributed by atoms with van der Waals surface area (Å²) in [6.07, 6.45) is 9.66. The van der Waals surface area contributed by atoms with Crippen molar-refractivity contribution in [2.45, 2.75) is 81.6 Å². The zero-order valence-electron chi connectivity index (χ0n) is 17.4. The number of hydrogen-bond donors (Lipinski definition) is 1. The lowest BCUT2D eigenvalue weighted by molar-refractivity contribution is -0.142. The van der Waals surface area contributed by atoms with Crippen molar-refractivity contribution in [3.63, 3.8) is 0 Å². The number of rotatable bonds is 4. The molecule has 29 heavy (non-hydrogen) atoms. The van der Waals surface area contributed by atoms with Crippen molar-refractivity contribution in [1.82, 2.24) is 10.2 Å². The van der Waals surface area contributed by atoms with Gasteiger partial charge in [0.2, 0.25) is 5.91 Å². The van der Waals surface area contributed by atoms with Crippen LogP contribution < -0.4 is 5.32 Å². The van der Waals surface area contributed by atoms with Crippen molar-refractivity contribution in [3.05, 3.63) is 0 Å². The number of nitrogens with zero attached hydrogens (tertiary/aromatic N) is 2. The molecule has 2 bridgehead atoms. The largest absolute Gasteiger partial charge is 0.368 e. The van der Waals surface area contributed by atoms with Crippen molar-refractivity contribution in [2.75, 3.05) is 19.7 Å². The second-order valence-corrected chi connectivity index (χ2v) is 11.4. The molecule has 1 N–H and O–H groups in total. The van der Waals surface area contributed by atoms with E-state index in [2.05, 4.69) is 12.2 Å². The number of likely N-dealkylation sites (tertiary alicyclic amines) is 1. The molecule has 6 nitrogen and oxygen atoms in total. The van der Waals surface area contributed by atoms with Crippen molar-refractivity contribution >= 4 is 28.7 Å². The lowest BCUT2D eigenvalue weighted by Crippen LogP contribution is -2.45. The molecule has 3 heterocycles. The number of aliphatic imine (C=N–C) groups is 1. The average molecular weight is 420 g/mol. The Morgan fingerprint density at radius 1 is 1.24 bits per heavy atom. The van der Waals surface area contributed by atoms with Gasteiger partial charge in [0.05, 0.1) is 10.8 Å². The quantitative estimate of drug-likeness (QED) is 0.761. The normalized spacial score (nSPS) is 41.5. The molecular formula is C22H33N3O3S. The van der Waals surface area contributed by atoms with E-state index in [0.29, 0.717) is 18.6 Å². The number of ether oxygens (including phenoxy) is 1. The van der Waals surface area contributed by atoms with Gasteiger partial charge in [0.15, 0.2) is 5.17 Å². The number of hydrogen-bond acceptors (Lipinski definition) is 5. The topological polar surface area (TPSA) is 71.0 Å². The Balaban J connectivity index is 1.14. The van der Waals surface area contributed by atoms with Crippen LogP contribution in [0.5, 0.6) is 0 Å². The Labute approximate surface area is 177 Å². The number of carbonyl (C=O) groups is 2. The minimum Gasteiger partial charge on any atom is -0.368 e. The second-order valence-electron chi connectivity index (χ2n) is 9.94. The van der Waals surface area contributed by atoms with E-state index in [1.165, 1.54) is 25.7 Å². The van der Waals surface area contributed by atoms with Crippen LogP contribution in [0.1, 0.15) is 64.7 Å². The Bertz CT molecular complexity index is 699. The second kappa shape index (κ2) is 7.88. The summed E-state index contributed by atoms with van der Waals surface area (Å²) in [5, 5.41) is 3.93. The van der Waals surface area contributed by atoms with E-state index in [1.807, 2.05) is 4.90 Å². The third kappa shape index (κ3) is 3.97. The zero-order valence-corrected chi connectivity index (χ0v) is 18.2. The molecule has 5 atom stereocenters. The van der Waals surface area contributed by atoms with Crippen LogP contribution in [-0.4, -0.2) is 58.5 Å². The van der Waals surface area contributed by atoms with Crippen molar-refractivity contribution in [1.29, 1.82) is 0 Å². The maximum atomic E-state index is 12.8. The van der Waals surface area contributed by atoms with Crippen molar-refractivity contribution in [2.24, 2.45) is 22.7 Å². The first-order chi connectivity index (χ1) is 14.0. The van der Waals surface area contributed by atoms with E-state index in [1.54, 1.807) is 11.8 Å². The summed E-state index contributed by atoms with van der Waals surface area (Å²) in [4.78, 5) is 32.2. The minimum atomic E-state index is -0.429. The average Bonchev–Trinajstić information content (AvgIpc) is 3.48. The number of carbonyl (C=O) groups excluding carboxylic acids is 2. The molecule has 0 radical (unpaired) electrons. The first-order valence-electron chi connectivity index (χ1n) is 11.5. The number of amides is 2. The van der Waals surface area contributed by atoms with E-state index in [0.717, 1.165) is 62.2 Å². The first kappa shape index (κ1) is 19.9. The van der Waals surface area contributed by atoms with Gasteiger partial charge < -0.3 is 15.0 Å². The van der Waals surface area contributed by atoms with E-state index >= 15 is 0 Å². The van der Waals surface area contributed by atoms with E-state index in [4.69, 9.17) is 9.73 Å². The number of nitrogens with one attached hydrogen (secondary N) is 1. The van der Waals surface area contributed by atoms with Crippen LogP contribution in [0, 0.1) is 17.8 Å². The molecule has 0 aromatic rings. The molecule has 3 saturated heterocycles. The monoisotopic (exact) mass is 419 g/mol. The summed E-state index contributed by atoms with van der Waals surface area (Å²) in [5.41, 5.74) is 0. The number of thioether (sulfide) groups is 1. The van der Waals surface area contributed by atoms with Gasteiger partial charge in [0, 0.05) is 19.7 Å². The summed E-state index contributed by atoms with van der Waals surface area (Å²) in [6.45, 7) is 4.36. The maximum absolute atomic E-state index is 12.8. The van der Waals surface area contributed by atoms with E-state index in [9.17, 15) is 9.59 Å². The Morgan fingerprint density at radius 2 is 2.07 bits per heavy atom. The molecule has 160 valence electrons. The molecule has 2 unspecified atom stereocenters. The van der Waals surface area contributed by atoms with Crippen LogP contribution in [-0.2, 0) is 14.3 Å². The standard InChI is InChI=1S/C22H33N3O3S/c1-22(13-14-6-8-25(9-7-14)19(26)18-3-2-10-28-18)20(27)24-21(29-22)23-17-12-15-4-5-16(17)11-15/h14-18H,2-13H2,1H3,(H,23,24,27)/t15-,16+,17+,18?,22?/m1/s1. The molecule has 5 aliphatic rings. The zero-order chi connectivity index (χ0) is 20.0. The number of piperidine rings is 1. The predicted molar refractivity (Wildman–Crippen MR) is 114 cm³/mol. The van der Waals surface area contributed by atoms with Crippen LogP contribution in [0.3, 0.4) is 0 Å². The SMILES string of the molecule is CC1(CC2CCN(C(=O)C3CCCO3)CC2)SC(=N[C@H]2C[C@@H]3CC[C@H]2C3)NC1=O. The summed E-state index contributed by atoms with van der Waals surface area (Å²) in [6, 6.07) is 0.422. The fourth-order valence-electron chi connectivity index (χ4n) is 6.11. The molecule has 0 aromatic carbocycles. The third-order valence-corrected chi connectivity index (χ3v) is 9.02. The lowest BCUT2D eigenvalue weighted by atomic mass is 9.87. The highest BCUT2D eigenvalue weighted by molar-refractivity contribution is 8.16. The lowest BCUT2D eigenvalue weighted by Gasteiger charge is -2.35. The van der Waals surface area contributed by atoms with Gasteiger partial charge in [-0.1, -0.05) is 18.2 Å². The summed E-state index contributed by atoms with van der Waals surface area (Å²) >= 11 is 1.65. The Kier molecular flexibility index (Phi) is 5.39. The van der Waals surface area contributed by atoms with Crippen LogP contribution in [0.4, 0.5) is 0 Å². The Hall–Kier alpha value is -1.08. The van der Waals surface area contributed by atoms with Gasteiger partial charge in [0.25, 0.3) is 5.91 Å². The fourth-order valence-corrected chi connectivity index (χ4v) is 7.33. The van der Waals surface area contributed by atoms with Crippen LogP contribution >= 0.6 is 11.8 Å². The highest BCUT2D eigenvalue weighted by atomic mass is 32.2. The Morgan fingerprint density at radius 3 is 2.72 bits per heavy atom. The molecule has 5 rings (SSSR count). The van der Waals surface area contributed by atoms with Crippen LogP contribution in [0.15, 0.2) is 4.99 Å². The fraction of sp³-hybridized carbons (Fsp3) is 0.864. The molecule has 7 heteroatoms. The maximum Gasteiger partial charge on any atom is 0.251 e. The van der Waals surface area contributed by atoms with E-state index < -0.39 is 4.75 Å². The molecule has 5 fully saturated rings. The van der Waals surface area contributed by atoms with Gasteiger partial charge in [-0.05, 0) is 76.0 Å². The van der Waals surface area contributed by atoms with Gasteiger partial charge in [-0.15, -0.1) is 0 Å². The van der Waals surface area contributed by atoms with Crippen LogP contribution in [0.25, 0.3) is 0 Å². The molecule has 2 aliphatic carbocycles. The minimum absolute atomic E-state index is 0.113. The van der Waals surface area contributed by atoms with Gasteiger partial charge >= 0.3 is 0 Å². The summed E-state index contributed by atoms with van der Waals surface area (Å²) in [7, 11) is 0. The molecule has 0 spiro atoms. The van der Waals surface area contributed by atoms with E-state index in [-0.39, 0.29) is 17.9 Å². The van der Waals surface area contributed by atoms with Gasteiger partial charge in [-0.25, -0.2) is 0 Å². The predicted octanol–water partition coefficient (Wildman–Crippen LogP) is 2.96. The third-order valence-electron chi connectivity index (χ3n) is 7.82. The van der Waals surface area contributed by atoms with Crippen molar-refractivity contribution < 1.29 is 14.3 Å². The van der Waals surface area contributed by atoms with Gasteiger partial charge in [-0.3, -0.25) is 14.6 Å². The highest BCUT2D eigenvalue weighted by Gasteiger charge is 2.46. The summed E-state index contributed by atoms with van der Waals surface area (Å²) in [5.74, 6) is 2.37. The number of amidine groups is 1.